The number of carbonyl (C=O) groups excluding carboxylic acids is 3. The third kappa shape index (κ3) is 3.36. The predicted molar refractivity (Wildman–Crippen MR) is 83.7 cm³/mol. The fourth-order valence-electron chi connectivity index (χ4n) is 2.49. The first-order valence-corrected chi connectivity index (χ1v) is 7.19. The molecule has 2 aromatic heterocycles. The number of hydrogen-bond acceptors (Lipinski definition) is 5. The first-order chi connectivity index (χ1) is 10.8. The highest BCUT2D eigenvalue weighted by Gasteiger charge is 2.26. The second-order valence-corrected chi connectivity index (χ2v) is 5.31. The monoisotopic (exact) mass is 314 g/mol. The summed E-state index contributed by atoms with van der Waals surface area (Å²) in [5.41, 5.74) is 2.11. The molecular weight excluding hydrogens is 296 g/mol. The Bertz CT molecular complexity index is 762. The van der Waals surface area contributed by atoms with Gasteiger partial charge in [-0.1, -0.05) is 6.07 Å². The molecule has 6 nitrogen and oxygen atoms in total. The molecule has 0 aliphatic rings. The number of aromatic amines is 1. The van der Waals surface area contributed by atoms with Crippen molar-refractivity contribution in [1.82, 2.24) is 9.97 Å². The molecule has 0 spiro atoms. The van der Waals surface area contributed by atoms with Crippen LogP contribution in [0.15, 0.2) is 24.4 Å². The molecule has 120 valence electrons. The zero-order valence-corrected chi connectivity index (χ0v) is 13.5. The predicted octanol–water partition coefficient (Wildman–Crippen LogP) is 2.66. The van der Waals surface area contributed by atoms with Gasteiger partial charge in [0.25, 0.3) is 0 Å². The number of carbonyl (C=O) groups is 3. The van der Waals surface area contributed by atoms with Crippen LogP contribution in [0.2, 0.25) is 0 Å². The van der Waals surface area contributed by atoms with Crippen LogP contribution in [0.25, 0.3) is 0 Å². The summed E-state index contributed by atoms with van der Waals surface area (Å²) in [4.78, 5) is 42.9. The Morgan fingerprint density at radius 2 is 1.91 bits per heavy atom. The maximum Gasteiger partial charge on any atom is 0.357 e. The van der Waals surface area contributed by atoms with Crippen molar-refractivity contribution in [2.45, 2.75) is 33.8 Å². The molecule has 2 aromatic rings. The molecule has 0 radical (unpaired) electrons. The second kappa shape index (κ2) is 6.56. The van der Waals surface area contributed by atoms with Crippen molar-refractivity contribution in [1.29, 1.82) is 0 Å². The highest BCUT2D eigenvalue weighted by Crippen LogP contribution is 2.20. The summed E-state index contributed by atoms with van der Waals surface area (Å²) in [6, 6.07) is 4.85. The Morgan fingerprint density at radius 3 is 2.43 bits per heavy atom. The van der Waals surface area contributed by atoms with Crippen LogP contribution in [-0.4, -0.2) is 33.6 Å². The standard InChI is InChI=1S/C17H18N2O4/c1-9-14(11(3)20)10(2)19-15(9)16(21)12(4)23-17(22)13-7-5-6-8-18-13/h5-8,12,19H,1-4H3/t12-/m0/s1. The van der Waals surface area contributed by atoms with E-state index in [2.05, 4.69) is 9.97 Å². The Hall–Kier alpha value is -2.76. The number of Topliss-reactive ketones (excluding diaryl/α,β-unsaturated/α-hetero) is 2. The van der Waals surface area contributed by atoms with Crippen LogP contribution >= 0.6 is 0 Å². The van der Waals surface area contributed by atoms with Crippen molar-refractivity contribution in [3.05, 3.63) is 52.6 Å². The van der Waals surface area contributed by atoms with E-state index in [1.165, 1.54) is 26.1 Å². The van der Waals surface area contributed by atoms with Gasteiger partial charge in [-0.05, 0) is 45.4 Å². The summed E-state index contributed by atoms with van der Waals surface area (Å²) in [7, 11) is 0. The Kier molecular flexibility index (Phi) is 4.74. The van der Waals surface area contributed by atoms with E-state index >= 15 is 0 Å². The molecule has 1 N–H and O–H groups in total. The van der Waals surface area contributed by atoms with Crippen molar-refractivity contribution in [3.63, 3.8) is 0 Å². The van der Waals surface area contributed by atoms with Gasteiger partial charge in [0.05, 0.1) is 5.69 Å². The third-order valence-electron chi connectivity index (χ3n) is 3.56. The quantitative estimate of drug-likeness (QED) is 0.677. The third-order valence-corrected chi connectivity index (χ3v) is 3.56. The molecule has 2 heterocycles. The lowest BCUT2D eigenvalue weighted by Gasteiger charge is -2.11. The van der Waals surface area contributed by atoms with Crippen LogP contribution < -0.4 is 0 Å². The molecule has 0 unspecified atom stereocenters. The van der Waals surface area contributed by atoms with Gasteiger partial charge in [-0.2, -0.15) is 0 Å². The molecule has 0 aliphatic carbocycles. The molecule has 0 saturated carbocycles. The van der Waals surface area contributed by atoms with Crippen LogP contribution in [0, 0.1) is 13.8 Å². The number of H-pyrrole nitrogens is 1. The fourth-order valence-corrected chi connectivity index (χ4v) is 2.49. The van der Waals surface area contributed by atoms with Crippen molar-refractivity contribution in [2.75, 3.05) is 0 Å². The number of nitrogens with zero attached hydrogens (tertiary/aromatic N) is 1. The number of nitrogens with one attached hydrogen (secondary N) is 1. The smallest absolute Gasteiger partial charge is 0.357 e. The first kappa shape index (κ1) is 16.6. The van der Waals surface area contributed by atoms with Gasteiger partial charge < -0.3 is 9.72 Å². The molecule has 0 saturated heterocycles. The number of ketones is 2. The lowest BCUT2D eigenvalue weighted by atomic mass is 10.0. The maximum absolute atomic E-state index is 12.5. The summed E-state index contributed by atoms with van der Waals surface area (Å²) in [6.45, 7) is 6.36. The molecule has 23 heavy (non-hydrogen) atoms. The van der Waals surface area contributed by atoms with Gasteiger partial charge in [0.15, 0.2) is 11.9 Å². The van der Waals surface area contributed by atoms with Crippen LogP contribution in [0.5, 0.6) is 0 Å². The fraction of sp³-hybridized carbons (Fsp3) is 0.294. The Morgan fingerprint density at radius 1 is 1.22 bits per heavy atom. The number of aromatic nitrogens is 2. The summed E-state index contributed by atoms with van der Waals surface area (Å²) < 4.78 is 5.16. The van der Waals surface area contributed by atoms with E-state index in [-0.39, 0.29) is 23.0 Å². The SMILES string of the molecule is CC(=O)c1c(C)[nH]c(C(=O)[C@H](C)OC(=O)c2ccccn2)c1C. The lowest BCUT2D eigenvalue weighted by Crippen LogP contribution is -2.25. The van der Waals surface area contributed by atoms with E-state index < -0.39 is 12.1 Å². The number of aryl methyl sites for hydroxylation is 1. The number of esters is 1. The minimum Gasteiger partial charge on any atom is -0.449 e. The first-order valence-electron chi connectivity index (χ1n) is 7.19. The van der Waals surface area contributed by atoms with Crippen LogP contribution in [-0.2, 0) is 4.74 Å². The topological polar surface area (TPSA) is 89.1 Å². The van der Waals surface area contributed by atoms with E-state index in [9.17, 15) is 14.4 Å². The van der Waals surface area contributed by atoms with Gasteiger partial charge in [0.2, 0.25) is 5.78 Å². The highest BCUT2D eigenvalue weighted by molar-refractivity contribution is 6.05. The van der Waals surface area contributed by atoms with Crippen LogP contribution in [0.3, 0.4) is 0 Å². The summed E-state index contributed by atoms with van der Waals surface area (Å²) >= 11 is 0. The Labute approximate surface area is 133 Å². The normalized spacial score (nSPS) is 11.8. The number of rotatable bonds is 5. The zero-order valence-electron chi connectivity index (χ0n) is 13.5. The van der Waals surface area contributed by atoms with E-state index in [0.29, 0.717) is 16.8 Å². The van der Waals surface area contributed by atoms with E-state index in [1.807, 2.05) is 0 Å². The number of ether oxygens (including phenoxy) is 1. The molecule has 1 atom stereocenters. The largest absolute Gasteiger partial charge is 0.449 e. The zero-order chi connectivity index (χ0) is 17.1. The summed E-state index contributed by atoms with van der Waals surface area (Å²) in [5, 5.41) is 0. The van der Waals surface area contributed by atoms with E-state index in [0.717, 1.165) is 0 Å². The summed E-state index contributed by atoms with van der Waals surface area (Å²) in [5.74, 6) is -1.17. The molecular formula is C17H18N2O4. The van der Waals surface area contributed by atoms with Gasteiger partial charge in [-0.3, -0.25) is 9.59 Å². The van der Waals surface area contributed by atoms with Crippen molar-refractivity contribution < 1.29 is 19.1 Å². The number of pyridine rings is 1. The highest BCUT2D eigenvalue weighted by atomic mass is 16.5. The molecule has 0 aliphatic heterocycles. The minimum atomic E-state index is -0.985. The molecule has 0 aromatic carbocycles. The average molecular weight is 314 g/mol. The van der Waals surface area contributed by atoms with E-state index in [1.54, 1.807) is 26.0 Å². The minimum absolute atomic E-state index is 0.117. The van der Waals surface area contributed by atoms with Gasteiger partial charge in [0, 0.05) is 17.5 Å². The molecule has 0 fully saturated rings. The number of hydrogen-bond donors (Lipinski definition) is 1. The van der Waals surface area contributed by atoms with Crippen LogP contribution in [0.1, 0.15) is 56.4 Å². The van der Waals surface area contributed by atoms with Gasteiger partial charge in [-0.15, -0.1) is 0 Å². The van der Waals surface area contributed by atoms with E-state index in [4.69, 9.17) is 4.74 Å². The van der Waals surface area contributed by atoms with Crippen molar-refractivity contribution >= 4 is 17.5 Å². The molecule has 6 heteroatoms. The average Bonchev–Trinajstić information content (AvgIpc) is 2.82. The van der Waals surface area contributed by atoms with Gasteiger partial charge >= 0.3 is 5.97 Å². The maximum atomic E-state index is 12.5. The summed E-state index contributed by atoms with van der Waals surface area (Å²) in [6.07, 6.45) is 0.488. The van der Waals surface area contributed by atoms with Crippen molar-refractivity contribution in [2.24, 2.45) is 0 Å². The second-order valence-electron chi connectivity index (χ2n) is 5.31. The van der Waals surface area contributed by atoms with Crippen LogP contribution in [0.4, 0.5) is 0 Å². The van der Waals surface area contributed by atoms with Crippen molar-refractivity contribution in [3.8, 4) is 0 Å². The molecule has 2 rings (SSSR count). The molecule has 0 bridgehead atoms. The molecule has 0 amide bonds. The lowest BCUT2D eigenvalue weighted by molar-refractivity contribution is 0.0311. The van der Waals surface area contributed by atoms with Gasteiger partial charge in [-0.25, -0.2) is 9.78 Å². The Balaban J connectivity index is 2.19. The van der Waals surface area contributed by atoms with Gasteiger partial charge in [0.1, 0.15) is 5.69 Å².